The maximum Gasteiger partial charge on any atom is 0.311 e. The lowest BCUT2D eigenvalue weighted by molar-refractivity contribution is -0.385. The van der Waals surface area contributed by atoms with Crippen LogP contribution in [0, 0.1) is 10.1 Å². The van der Waals surface area contributed by atoms with Crippen LogP contribution in [0.25, 0.3) is 0 Å². The highest BCUT2D eigenvalue weighted by molar-refractivity contribution is 5.48. The Balaban J connectivity index is 2.73. The number of rotatable bonds is 7. The van der Waals surface area contributed by atoms with Crippen molar-refractivity contribution in [1.82, 2.24) is 0 Å². The van der Waals surface area contributed by atoms with Crippen molar-refractivity contribution in [2.45, 2.75) is 18.9 Å². The van der Waals surface area contributed by atoms with Crippen LogP contribution in [0.3, 0.4) is 0 Å². The van der Waals surface area contributed by atoms with E-state index in [1.165, 1.54) is 20.3 Å². The monoisotopic (exact) mass is 255 g/mol. The van der Waals surface area contributed by atoms with E-state index >= 15 is 0 Å². The Hall–Kier alpha value is -1.66. The molecule has 0 spiro atoms. The van der Waals surface area contributed by atoms with E-state index in [0.717, 1.165) is 5.56 Å². The molecule has 100 valence electrons. The summed E-state index contributed by atoms with van der Waals surface area (Å²) in [6, 6.07) is 4.79. The van der Waals surface area contributed by atoms with Crippen molar-refractivity contribution in [3.8, 4) is 5.75 Å². The van der Waals surface area contributed by atoms with Crippen molar-refractivity contribution in [2.24, 2.45) is 0 Å². The fraction of sp³-hybridized carbons (Fsp3) is 0.500. The summed E-state index contributed by atoms with van der Waals surface area (Å²) < 4.78 is 9.73. The van der Waals surface area contributed by atoms with E-state index in [-0.39, 0.29) is 18.0 Å². The predicted octanol–water partition coefficient (Wildman–Crippen LogP) is 1.54. The van der Waals surface area contributed by atoms with Gasteiger partial charge in [-0.2, -0.15) is 0 Å². The van der Waals surface area contributed by atoms with Crippen LogP contribution in [-0.2, 0) is 11.2 Å². The van der Waals surface area contributed by atoms with E-state index in [0.29, 0.717) is 12.8 Å². The summed E-state index contributed by atoms with van der Waals surface area (Å²) in [7, 11) is 2.91. The maximum absolute atomic E-state index is 10.8. The minimum absolute atomic E-state index is 0.0590. The molecule has 6 nitrogen and oxygen atoms in total. The van der Waals surface area contributed by atoms with Gasteiger partial charge in [0.1, 0.15) is 0 Å². The quantitative estimate of drug-likeness (QED) is 0.590. The average Bonchev–Trinajstić information content (AvgIpc) is 2.36. The highest BCUT2D eigenvalue weighted by atomic mass is 16.6. The van der Waals surface area contributed by atoms with Crippen LogP contribution in [0.2, 0.25) is 0 Å². The topological polar surface area (TPSA) is 81.8 Å². The Morgan fingerprint density at radius 1 is 1.44 bits per heavy atom. The number of benzene rings is 1. The molecule has 6 heteroatoms. The van der Waals surface area contributed by atoms with E-state index < -0.39 is 11.0 Å². The summed E-state index contributed by atoms with van der Waals surface area (Å²) >= 11 is 0. The summed E-state index contributed by atoms with van der Waals surface area (Å²) in [5.41, 5.74) is 0.730. The average molecular weight is 255 g/mol. The molecule has 0 heterocycles. The predicted molar refractivity (Wildman–Crippen MR) is 65.9 cm³/mol. The SMILES string of the molecule is COCC(O)CCc1ccc(OC)c([N+](=O)[O-])c1. The molecule has 1 unspecified atom stereocenters. The van der Waals surface area contributed by atoms with Gasteiger partial charge in [0, 0.05) is 13.2 Å². The smallest absolute Gasteiger partial charge is 0.311 e. The van der Waals surface area contributed by atoms with E-state index in [4.69, 9.17) is 9.47 Å². The number of aliphatic hydroxyl groups excluding tert-OH is 1. The molecule has 0 aliphatic heterocycles. The number of methoxy groups -OCH3 is 2. The molecule has 1 aromatic carbocycles. The first-order valence-electron chi connectivity index (χ1n) is 5.56. The third-order valence-electron chi connectivity index (χ3n) is 2.57. The lowest BCUT2D eigenvalue weighted by atomic mass is 10.1. The van der Waals surface area contributed by atoms with E-state index in [1.54, 1.807) is 12.1 Å². The lowest BCUT2D eigenvalue weighted by Gasteiger charge is -2.09. The van der Waals surface area contributed by atoms with Gasteiger partial charge in [-0.1, -0.05) is 6.07 Å². The Kier molecular flexibility index (Phi) is 5.54. The molecule has 0 bridgehead atoms. The molecule has 1 rings (SSSR count). The minimum atomic E-state index is -0.559. The first kappa shape index (κ1) is 14.4. The van der Waals surface area contributed by atoms with Crippen LogP contribution in [-0.4, -0.2) is 37.0 Å². The van der Waals surface area contributed by atoms with Crippen LogP contribution in [0.4, 0.5) is 5.69 Å². The van der Waals surface area contributed by atoms with Gasteiger partial charge in [0.25, 0.3) is 0 Å². The molecule has 0 aromatic heterocycles. The highest BCUT2D eigenvalue weighted by Crippen LogP contribution is 2.28. The first-order valence-corrected chi connectivity index (χ1v) is 5.56. The second kappa shape index (κ2) is 6.93. The van der Waals surface area contributed by atoms with Gasteiger partial charge < -0.3 is 14.6 Å². The third-order valence-corrected chi connectivity index (χ3v) is 2.57. The number of nitro groups is 1. The lowest BCUT2D eigenvalue weighted by Crippen LogP contribution is -2.14. The van der Waals surface area contributed by atoms with Crippen LogP contribution in [0.15, 0.2) is 18.2 Å². The fourth-order valence-corrected chi connectivity index (χ4v) is 1.64. The number of nitrogens with zero attached hydrogens (tertiary/aromatic N) is 1. The van der Waals surface area contributed by atoms with Gasteiger partial charge in [-0.25, -0.2) is 0 Å². The summed E-state index contributed by atoms with van der Waals surface area (Å²) in [6.07, 6.45) is 0.489. The number of hydrogen-bond acceptors (Lipinski definition) is 5. The molecule has 1 atom stereocenters. The van der Waals surface area contributed by atoms with Crippen molar-refractivity contribution < 1.29 is 19.5 Å². The molecule has 0 saturated carbocycles. The van der Waals surface area contributed by atoms with Gasteiger partial charge in [0.15, 0.2) is 5.75 Å². The third kappa shape index (κ3) is 3.97. The first-order chi connectivity index (χ1) is 8.58. The molecular weight excluding hydrogens is 238 g/mol. The molecule has 1 N–H and O–H groups in total. The van der Waals surface area contributed by atoms with Gasteiger partial charge >= 0.3 is 5.69 Å². The van der Waals surface area contributed by atoms with Crippen molar-refractivity contribution in [2.75, 3.05) is 20.8 Å². The largest absolute Gasteiger partial charge is 0.490 e. The second-order valence-corrected chi connectivity index (χ2v) is 3.91. The Labute approximate surface area is 105 Å². The van der Waals surface area contributed by atoms with Gasteiger partial charge in [-0.3, -0.25) is 10.1 Å². The number of aliphatic hydroxyl groups is 1. The maximum atomic E-state index is 10.8. The van der Waals surface area contributed by atoms with Crippen molar-refractivity contribution >= 4 is 5.69 Å². The molecule has 1 aromatic rings. The van der Waals surface area contributed by atoms with Gasteiger partial charge in [-0.05, 0) is 24.5 Å². The van der Waals surface area contributed by atoms with Crippen LogP contribution in [0.5, 0.6) is 5.75 Å². The van der Waals surface area contributed by atoms with E-state index in [9.17, 15) is 15.2 Å². The number of aryl methyl sites for hydroxylation is 1. The zero-order valence-corrected chi connectivity index (χ0v) is 10.5. The molecule has 0 fully saturated rings. The second-order valence-electron chi connectivity index (χ2n) is 3.91. The fourth-order valence-electron chi connectivity index (χ4n) is 1.64. The Morgan fingerprint density at radius 2 is 2.17 bits per heavy atom. The molecular formula is C12H17NO5. The van der Waals surface area contributed by atoms with Gasteiger partial charge in [-0.15, -0.1) is 0 Å². The molecule has 0 radical (unpaired) electrons. The molecule has 0 aliphatic rings. The summed E-state index contributed by atoms with van der Waals surface area (Å²) in [4.78, 5) is 10.4. The molecule has 18 heavy (non-hydrogen) atoms. The van der Waals surface area contributed by atoms with E-state index in [2.05, 4.69) is 0 Å². The normalized spacial score (nSPS) is 12.2. The van der Waals surface area contributed by atoms with Crippen LogP contribution < -0.4 is 4.74 Å². The highest BCUT2D eigenvalue weighted by Gasteiger charge is 2.15. The van der Waals surface area contributed by atoms with Gasteiger partial charge in [0.05, 0.1) is 24.7 Å². The van der Waals surface area contributed by atoms with Crippen molar-refractivity contribution in [3.63, 3.8) is 0 Å². The van der Waals surface area contributed by atoms with Crippen molar-refractivity contribution in [1.29, 1.82) is 0 Å². The van der Waals surface area contributed by atoms with Crippen molar-refractivity contribution in [3.05, 3.63) is 33.9 Å². The molecule has 0 aliphatic carbocycles. The number of ether oxygens (including phenoxy) is 2. The number of nitro benzene ring substituents is 1. The number of hydrogen-bond donors (Lipinski definition) is 1. The zero-order valence-electron chi connectivity index (χ0n) is 10.5. The summed E-state index contributed by atoms with van der Waals surface area (Å²) in [5.74, 6) is 0.237. The standard InChI is InChI=1S/C12H17NO5/c1-17-8-10(14)5-3-9-4-6-12(18-2)11(7-9)13(15)16/h4,6-7,10,14H,3,5,8H2,1-2H3. The Morgan fingerprint density at radius 3 is 2.72 bits per heavy atom. The molecule has 0 saturated heterocycles. The molecule has 0 amide bonds. The van der Waals surface area contributed by atoms with Gasteiger partial charge in [0.2, 0.25) is 0 Å². The minimum Gasteiger partial charge on any atom is -0.490 e. The zero-order chi connectivity index (χ0) is 13.5. The van der Waals surface area contributed by atoms with Crippen LogP contribution >= 0.6 is 0 Å². The summed E-state index contributed by atoms with van der Waals surface area (Å²) in [6.45, 7) is 0.262. The van der Waals surface area contributed by atoms with Crippen LogP contribution in [0.1, 0.15) is 12.0 Å². The van der Waals surface area contributed by atoms with E-state index in [1.807, 2.05) is 0 Å². The summed E-state index contributed by atoms with van der Waals surface area (Å²) in [5, 5.41) is 20.3. The Bertz CT molecular complexity index is 407.